The normalized spacial score (nSPS) is 19.4. The molecule has 4 heterocycles. The molecule has 1 atom stereocenters. The molecule has 31 heavy (non-hydrogen) atoms. The maximum Gasteiger partial charge on any atom is 0.224 e. The number of para-hydroxylation sites is 1. The van der Waals surface area contributed by atoms with Gasteiger partial charge in [0.25, 0.3) is 0 Å². The first-order valence-corrected chi connectivity index (χ1v) is 10.1. The summed E-state index contributed by atoms with van der Waals surface area (Å²) in [6.07, 6.45) is 4.15. The molecule has 5 rings (SSSR count). The first-order chi connectivity index (χ1) is 14.7. The van der Waals surface area contributed by atoms with Crippen molar-refractivity contribution in [3.63, 3.8) is 0 Å². The summed E-state index contributed by atoms with van der Waals surface area (Å²) >= 11 is 0. The van der Waals surface area contributed by atoms with Crippen LogP contribution in [-0.2, 0) is 9.47 Å². The summed E-state index contributed by atoms with van der Waals surface area (Å²) < 4.78 is 41.2. The van der Waals surface area contributed by atoms with Crippen LogP contribution in [0.3, 0.4) is 0 Å². The van der Waals surface area contributed by atoms with Crippen molar-refractivity contribution in [3.8, 4) is 0 Å². The zero-order valence-electron chi connectivity index (χ0n) is 16.3. The second-order valence-corrected chi connectivity index (χ2v) is 7.48. The van der Waals surface area contributed by atoms with Crippen LogP contribution in [0, 0.1) is 11.6 Å². The van der Waals surface area contributed by atoms with Gasteiger partial charge in [-0.15, -0.1) is 0 Å². The quantitative estimate of drug-likeness (QED) is 0.629. The Balaban J connectivity index is 0.00000231. The van der Waals surface area contributed by atoms with Crippen LogP contribution >= 0.6 is 0 Å². The number of nitrogens with one attached hydrogen (secondary N) is 2. The highest BCUT2D eigenvalue weighted by Crippen LogP contribution is 2.31. The highest BCUT2D eigenvalue weighted by Gasteiger charge is 2.26. The van der Waals surface area contributed by atoms with Gasteiger partial charge >= 0.3 is 0 Å². The highest BCUT2D eigenvalue weighted by atomic mass is 19.1. The summed E-state index contributed by atoms with van der Waals surface area (Å²) in [6, 6.07) is 3.92. The molecule has 0 amide bonds. The monoisotopic (exact) mass is 432 g/mol. The van der Waals surface area contributed by atoms with E-state index in [1.165, 1.54) is 18.2 Å². The molecule has 0 radical (unpaired) electrons. The van der Waals surface area contributed by atoms with Crippen LogP contribution < -0.4 is 10.6 Å². The minimum atomic E-state index is -0.691. The third-order valence-electron chi connectivity index (χ3n) is 5.46. The van der Waals surface area contributed by atoms with Crippen molar-refractivity contribution in [2.75, 3.05) is 37.1 Å². The van der Waals surface area contributed by atoms with Gasteiger partial charge in [-0.05, 0) is 31.4 Å². The number of anilines is 3. The van der Waals surface area contributed by atoms with Gasteiger partial charge in [0.1, 0.15) is 22.8 Å². The number of hydrogen-bond donors (Lipinski definition) is 2. The second-order valence-electron chi connectivity index (χ2n) is 7.48. The van der Waals surface area contributed by atoms with E-state index in [4.69, 9.17) is 9.47 Å². The number of benzene rings is 1. The fourth-order valence-corrected chi connectivity index (χ4v) is 3.87. The fraction of sp³-hybridized carbons (Fsp3) is 0.476. The van der Waals surface area contributed by atoms with Gasteiger partial charge in [0.05, 0.1) is 18.8 Å². The van der Waals surface area contributed by atoms with E-state index < -0.39 is 11.6 Å². The number of rotatable bonds is 5. The van der Waals surface area contributed by atoms with Gasteiger partial charge in [0.15, 0.2) is 5.65 Å². The van der Waals surface area contributed by atoms with Crippen LogP contribution in [0.5, 0.6) is 0 Å². The molecule has 2 aromatic heterocycles. The highest BCUT2D eigenvalue weighted by molar-refractivity contribution is 5.76. The molecule has 3 aromatic rings. The number of hydrogen-bond acceptors (Lipinski definition) is 7. The molecule has 2 N–H and O–H groups in total. The first kappa shape index (κ1) is 21.4. The molecule has 2 aliphatic heterocycles. The Labute approximate surface area is 179 Å². The largest absolute Gasteiger partial charge is 0.381 e. The van der Waals surface area contributed by atoms with Crippen LogP contribution in [0.4, 0.5) is 26.4 Å². The van der Waals surface area contributed by atoms with Gasteiger partial charge < -0.3 is 20.1 Å². The number of ether oxygens (including phenoxy) is 2. The molecule has 1 unspecified atom stereocenters. The van der Waals surface area contributed by atoms with E-state index in [0.717, 1.165) is 19.3 Å². The molecular weight excluding hydrogens is 406 g/mol. The van der Waals surface area contributed by atoms with Gasteiger partial charge in [-0.1, -0.05) is 13.5 Å². The molecule has 0 saturated carbocycles. The lowest BCUT2D eigenvalue weighted by Gasteiger charge is -2.23. The summed E-state index contributed by atoms with van der Waals surface area (Å²) in [5.41, 5.74) is 0.884. The topological polar surface area (TPSA) is 86.1 Å². The predicted molar refractivity (Wildman–Crippen MR) is 114 cm³/mol. The van der Waals surface area contributed by atoms with Crippen molar-refractivity contribution in [1.82, 2.24) is 19.5 Å². The van der Waals surface area contributed by atoms with Crippen molar-refractivity contribution >= 4 is 28.7 Å². The second kappa shape index (κ2) is 9.11. The average molecular weight is 432 g/mol. The molecule has 1 aromatic carbocycles. The van der Waals surface area contributed by atoms with Crippen molar-refractivity contribution < 1.29 is 18.3 Å². The zero-order chi connectivity index (χ0) is 20.5. The summed E-state index contributed by atoms with van der Waals surface area (Å²) in [7, 11) is 0. The van der Waals surface area contributed by atoms with Crippen LogP contribution in [-0.4, -0.2) is 52.0 Å². The van der Waals surface area contributed by atoms with Gasteiger partial charge in [-0.25, -0.2) is 18.7 Å². The third kappa shape index (κ3) is 4.31. The molecule has 2 aliphatic rings. The predicted octanol–water partition coefficient (Wildman–Crippen LogP) is 4.04. The Morgan fingerprint density at radius 2 is 1.74 bits per heavy atom. The maximum absolute atomic E-state index is 14.2. The Morgan fingerprint density at radius 1 is 1.00 bits per heavy atom. The molecule has 166 valence electrons. The molecule has 10 heteroatoms. The van der Waals surface area contributed by atoms with Crippen LogP contribution in [0.25, 0.3) is 11.2 Å². The van der Waals surface area contributed by atoms with Gasteiger partial charge in [0.2, 0.25) is 11.9 Å². The maximum atomic E-state index is 14.2. The Bertz CT molecular complexity index is 1030. The molecule has 0 spiro atoms. The fourth-order valence-electron chi connectivity index (χ4n) is 3.87. The smallest absolute Gasteiger partial charge is 0.224 e. The zero-order valence-corrected chi connectivity index (χ0v) is 16.3. The van der Waals surface area contributed by atoms with Crippen LogP contribution in [0.15, 0.2) is 24.4 Å². The van der Waals surface area contributed by atoms with E-state index >= 15 is 0 Å². The average Bonchev–Trinajstić information content (AvgIpc) is 3.39. The van der Waals surface area contributed by atoms with Crippen molar-refractivity contribution in [1.29, 1.82) is 0 Å². The molecule has 8 nitrogen and oxygen atoms in total. The summed E-state index contributed by atoms with van der Waals surface area (Å²) in [5, 5.41) is 6.17. The van der Waals surface area contributed by atoms with E-state index in [0.29, 0.717) is 49.5 Å². The van der Waals surface area contributed by atoms with E-state index in [2.05, 4.69) is 25.6 Å². The Morgan fingerprint density at radius 3 is 2.45 bits per heavy atom. The van der Waals surface area contributed by atoms with E-state index in [1.807, 2.05) is 4.57 Å². The first-order valence-electron chi connectivity index (χ1n) is 10.1. The van der Waals surface area contributed by atoms with E-state index in [9.17, 15) is 8.78 Å². The number of aromatic nitrogens is 4. The lowest BCUT2D eigenvalue weighted by Crippen LogP contribution is -2.28. The van der Waals surface area contributed by atoms with Crippen LogP contribution in [0.2, 0.25) is 0 Å². The lowest BCUT2D eigenvalue weighted by atomic mass is 10.1. The van der Waals surface area contributed by atoms with Gasteiger partial charge in [-0.2, -0.15) is 4.98 Å². The van der Waals surface area contributed by atoms with Gasteiger partial charge in [-0.3, -0.25) is 4.57 Å². The summed E-state index contributed by atoms with van der Waals surface area (Å²) in [5.74, 6) is -0.575. The number of halogens is 2. The molecular formula is C21H26F2N6O2. The Hall–Kier alpha value is -2.85. The standard InChI is InChI=1S/C20H22F2N6O2.CH4/c21-14-2-1-3-15(22)17(14)26-20-25-16-10-23-19(24-12-4-7-29-8-5-12)27-18(16)28(20)13-6-9-30-11-13;/h1-3,10,12-13H,4-9,11H2,(H,25,26)(H,23,24,27);1H4. The van der Waals surface area contributed by atoms with E-state index in [-0.39, 0.29) is 25.2 Å². The summed E-state index contributed by atoms with van der Waals surface area (Å²) in [4.78, 5) is 13.6. The van der Waals surface area contributed by atoms with Crippen molar-refractivity contribution in [2.45, 2.75) is 38.8 Å². The molecule has 0 aliphatic carbocycles. The number of fused-ring (bicyclic) bond motifs is 1. The van der Waals surface area contributed by atoms with Crippen LogP contribution in [0.1, 0.15) is 32.7 Å². The van der Waals surface area contributed by atoms with Crippen molar-refractivity contribution in [2.24, 2.45) is 0 Å². The number of nitrogens with zero attached hydrogens (tertiary/aromatic N) is 4. The molecule has 2 saturated heterocycles. The molecule has 0 bridgehead atoms. The summed E-state index contributed by atoms with van der Waals surface area (Å²) in [6.45, 7) is 2.50. The SMILES string of the molecule is C.Fc1cccc(F)c1Nc1nc2cnc(NC3CCOCC3)nc2n1C1CCOC1. The minimum Gasteiger partial charge on any atom is -0.381 e. The van der Waals surface area contributed by atoms with E-state index in [1.54, 1.807) is 6.20 Å². The van der Waals surface area contributed by atoms with Gasteiger partial charge in [0, 0.05) is 25.9 Å². The number of imidazole rings is 1. The molecule has 2 fully saturated rings. The lowest BCUT2D eigenvalue weighted by molar-refractivity contribution is 0.0903. The van der Waals surface area contributed by atoms with Crippen molar-refractivity contribution in [3.05, 3.63) is 36.0 Å². The Kier molecular flexibility index (Phi) is 6.28. The third-order valence-corrected chi connectivity index (χ3v) is 5.46. The minimum absolute atomic E-state index is 0.